The van der Waals surface area contributed by atoms with Crippen molar-refractivity contribution in [3.63, 3.8) is 0 Å². The fourth-order valence-electron chi connectivity index (χ4n) is 5.75. The lowest BCUT2D eigenvalue weighted by Gasteiger charge is -2.43. The largest absolute Gasteiger partial charge is 0.329 e. The van der Waals surface area contributed by atoms with E-state index in [0.717, 1.165) is 17.4 Å². The predicted molar refractivity (Wildman–Crippen MR) is 141 cm³/mol. The summed E-state index contributed by atoms with van der Waals surface area (Å²) in [5.41, 5.74) is 1.03. The number of Topliss-reactive ketones (excluding diaryl/α,β-unsaturated/α-hetero) is 1. The maximum Gasteiger partial charge on any atom is 0.329 e. The fraction of sp³-hybridized carbons (Fsp3) is 0.379. The van der Waals surface area contributed by atoms with Gasteiger partial charge in [0.25, 0.3) is 5.91 Å². The van der Waals surface area contributed by atoms with Gasteiger partial charge in [-0.05, 0) is 54.7 Å². The molecule has 186 valence electrons. The minimum absolute atomic E-state index is 0.0584. The van der Waals surface area contributed by atoms with E-state index in [0.29, 0.717) is 46.8 Å². The molecule has 3 aromatic rings. The Kier molecular flexibility index (Phi) is 6.33. The second-order valence-corrected chi connectivity index (χ2v) is 11.1. The minimum Gasteiger partial charge on any atom is -0.323 e. The van der Waals surface area contributed by atoms with Crippen molar-refractivity contribution < 1.29 is 14.4 Å². The predicted octanol–water partition coefficient (Wildman–Crippen LogP) is 6.52. The number of aromatic nitrogens is 1. The number of hydrogen-bond donors (Lipinski definition) is 1. The van der Waals surface area contributed by atoms with Crippen LogP contribution in [0.3, 0.4) is 0 Å². The van der Waals surface area contributed by atoms with Crippen molar-refractivity contribution in [3.8, 4) is 0 Å². The Bertz CT molecular complexity index is 1360. The second-order valence-electron chi connectivity index (χ2n) is 10.7. The highest BCUT2D eigenvalue weighted by Crippen LogP contribution is 2.50. The number of fused-ring (bicyclic) bond motifs is 1. The lowest BCUT2D eigenvalue weighted by molar-refractivity contribution is -0.125. The molecule has 6 nitrogen and oxygen atoms in total. The zero-order chi connectivity index (χ0) is 25.6. The first kappa shape index (κ1) is 24.4. The van der Waals surface area contributed by atoms with Crippen LogP contribution in [0.1, 0.15) is 68.3 Å². The van der Waals surface area contributed by atoms with Gasteiger partial charge in [0, 0.05) is 34.0 Å². The van der Waals surface area contributed by atoms with Crippen LogP contribution < -0.4 is 10.2 Å². The summed E-state index contributed by atoms with van der Waals surface area (Å²) in [5, 5.41) is 5.03. The van der Waals surface area contributed by atoms with Gasteiger partial charge in [0.15, 0.2) is 5.78 Å². The normalized spacial score (nSPS) is 22.2. The summed E-state index contributed by atoms with van der Waals surface area (Å²) in [5.74, 6) is 0.680. The SMILES string of the molecule is CC(C)C[C@H](C)CC(=O)c1ccc2cncc(N3C(=O)NC4(CC(c5ccccc5Cl)C4)C3=O)c2c1. The molecule has 1 aliphatic heterocycles. The van der Waals surface area contributed by atoms with Crippen molar-refractivity contribution in [3.05, 3.63) is 71.0 Å². The number of ketones is 1. The molecule has 1 spiro atoms. The molecule has 0 unspecified atom stereocenters. The van der Waals surface area contributed by atoms with E-state index in [4.69, 9.17) is 11.6 Å². The Morgan fingerprint density at radius 3 is 2.61 bits per heavy atom. The Labute approximate surface area is 216 Å². The van der Waals surface area contributed by atoms with Crippen molar-refractivity contribution >= 4 is 45.8 Å². The molecule has 1 aliphatic carbocycles. The number of carbonyl (C=O) groups excluding carboxylic acids is 3. The maximum atomic E-state index is 13.6. The first-order valence-electron chi connectivity index (χ1n) is 12.5. The molecular weight excluding hydrogens is 474 g/mol. The number of nitrogens with one attached hydrogen (secondary N) is 1. The molecule has 1 saturated heterocycles. The highest BCUT2D eigenvalue weighted by Gasteiger charge is 2.59. The van der Waals surface area contributed by atoms with Gasteiger partial charge in [0.2, 0.25) is 0 Å². The highest BCUT2D eigenvalue weighted by atomic mass is 35.5. The van der Waals surface area contributed by atoms with Gasteiger partial charge < -0.3 is 5.32 Å². The molecule has 36 heavy (non-hydrogen) atoms. The average molecular weight is 504 g/mol. The summed E-state index contributed by atoms with van der Waals surface area (Å²) in [6.45, 7) is 6.40. The van der Waals surface area contributed by atoms with Gasteiger partial charge in [-0.2, -0.15) is 0 Å². The monoisotopic (exact) mass is 503 g/mol. The molecule has 2 heterocycles. The van der Waals surface area contributed by atoms with Crippen LogP contribution in [0.2, 0.25) is 5.02 Å². The average Bonchev–Trinajstić information content (AvgIpc) is 3.07. The summed E-state index contributed by atoms with van der Waals surface area (Å²) >= 11 is 6.36. The zero-order valence-electron chi connectivity index (χ0n) is 20.8. The third-order valence-electron chi connectivity index (χ3n) is 7.41. The van der Waals surface area contributed by atoms with Gasteiger partial charge >= 0.3 is 6.03 Å². The molecule has 2 aromatic carbocycles. The number of pyridine rings is 1. The number of anilines is 1. The molecule has 5 rings (SSSR count). The second kappa shape index (κ2) is 9.32. The number of hydrogen-bond acceptors (Lipinski definition) is 4. The molecule has 0 radical (unpaired) electrons. The highest BCUT2D eigenvalue weighted by molar-refractivity contribution is 6.31. The molecule has 7 heteroatoms. The van der Waals surface area contributed by atoms with Crippen LogP contribution in [0.25, 0.3) is 10.8 Å². The van der Waals surface area contributed by atoms with E-state index in [1.54, 1.807) is 18.3 Å². The lowest BCUT2D eigenvalue weighted by atomic mass is 9.65. The molecule has 1 aromatic heterocycles. The number of halogens is 1. The number of nitrogens with zero attached hydrogens (tertiary/aromatic N) is 2. The van der Waals surface area contributed by atoms with Gasteiger partial charge in [-0.1, -0.05) is 62.7 Å². The van der Waals surface area contributed by atoms with E-state index in [1.165, 1.54) is 11.1 Å². The van der Waals surface area contributed by atoms with Crippen molar-refractivity contribution in [2.45, 2.75) is 57.9 Å². The zero-order valence-corrected chi connectivity index (χ0v) is 21.5. The van der Waals surface area contributed by atoms with Crippen molar-refractivity contribution in [2.24, 2.45) is 11.8 Å². The Morgan fingerprint density at radius 1 is 1.14 bits per heavy atom. The van der Waals surface area contributed by atoms with E-state index >= 15 is 0 Å². The van der Waals surface area contributed by atoms with Gasteiger partial charge in [-0.3, -0.25) is 14.6 Å². The standard InChI is InChI=1S/C29H30ClN3O3/c1-17(2)10-18(3)11-26(34)19-8-9-20-15-31-16-25(23(20)12-19)33-27(35)29(32-28(33)36)13-21(14-29)22-6-4-5-7-24(22)30/h4-9,12,15-18,21H,10-11,13-14H2,1-3H3,(H,32,36)/t18-,21?,29?/m0/s1. The van der Waals surface area contributed by atoms with E-state index in [1.807, 2.05) is 30.3 Å². The molecular formula is C29H30ClN3O3. The minimum atomic E-state index is -0.942. The smallest absolute Gasteiger partial charge is 0.323 e. The number of rotatable bonds is 7. The summed E-state index contributed by atoms with van der Waals surface area (Å²) < 4.78 is 0. The molecule has 3 amide bonds. The number of carbonyl (C=O) groups is 3. The number of benzene rings is 2. The van der Waals surface area contributed by atoms with Gasteiger partial charge in [0.05, 0.1) is 11.9 Å². The van der Waals surface area contributed by atoms with Crippen LogP contribution in [0, 0.1) is 11.8 Å². The van der Waals surface area contributed by atoms with Crippen LogP contribution >= 0.6 is 11.6 Å². The first-order valence-corrected chi connectivity index (χ1v) is 12.9. The van der Waals surface area contributed by atoms with Crippen molar-refractivity contribution in [1.29, 1.82) is 0 Å². The summed E-state index contributed by atoms with van der Waals surface area (Å²) in [4.78, 5) is 45.2. The van der Waals surface area contributed by atoms with E-state index < -0.39 is 11.6 Å². The van der Waals surface area contributed by atoms with Gasteiger partial charge in [-0.25, -0.2) is 9.69 Å². The molecule has 1 atom stereocenters. The third-order valence-corrected chi connectivity index (χ3v) is 7.75. The third kappa shape index (κ3) is 4.28. The molecule has 2 aliphatic rings. The van der Waals surface area contributed by atoms with Crippen molar-refractivity contribution in [2.75, 3.05) is 4.90 Å². The van der Waals surface area contributed by atoms with Gasteiger partial charge in [-0.15, -0.1) is 0 Å². The quantitative estimate of drug-likeness (QED) is 0.294. The number of imide groups is 1. The van der Waals surface area contributed by atoms with Gasteiger partial charge in [0.1, 0.15) is 5.54 Å². The topological polar surface area (TPSA) is 79.4 Å². The summed E-state index contributed by atoms with van der Waals surface area (Å²) in [7, 11) is 0. The van der Waals surface area contributed by atoms with Crippen LogP contribution in [0.5, 0.6) is 0 Å². The van der Waals surface area contributed by atoms with Crippen LogP contribution in [0.15, 0.2) is 54.9 Å². The number of amides is 3. The maximum absolute atomic E-state index is 13.6. The van der Waals surface area contributed by atoms with Crippen LogP contribution in [-0.2, 0) is 4.79 Å². The van der Waals surface area contributed by atoms with Crippen LogP contribution in [0.4, 0.5) is 10.5 Å². The first-order chi connectivity index (χ1) is 17.2. The summed E-state index contributed by atoms with van der Waals surface area (Å²) in [6, 6.07) is 12.6. The Balaban J connectivity index is 1.41. The molecule has 1 saturated carbocycles. The van der Waals surface area contributed by atoms with Crippen LogP contribution in [-0.4, -0.2) is 28.2 Å². The Morgan fingerprint density at radius 2 is 1.89 bits per heavy atom. The Hall–Kier alpha value is -3.25. The summed E-state index contributed by atoms with van der Waals surface area (Å²) in [6.07, 6.45) is 5.63. The lowest BCUT2D eigenvalue weighted by Crippen LogP contribution is -2.56. The number of urea groups is 1. The van der Waals surface area contributed by atoms with E-state index in [9.17, 15) is 14.4 Å². The molecule has 0 bridgehead atoms. The molecule has 2 fully saturated rings. The van der Waals surface area contributed by atoms with Crippen molar-refractivity contribution in [1.82, 2.24) is 10.3 Å². The van der Waals surface area contributed by atoms with E-state index in [-0.39, 0.29) is 23.5 Å². The fourth-order valence-corrected chi connectivity index (χ4v) is 6.04. The van der Waals surface area contributed by atoms with E-state index in [2.05, 4.69) is 31.1 Å². The molecule has 1 N–H and O–H groups in total.